The van der Waals surface area contributed by atoms with Gasteiger partial charge in [0.1, 0.15) is 11.5 Å². The molecule has 1 rings (SSSR count). The molecule has 0 aliphatic carbocycles. The van der Waals surface area contributed by atoms with E-state index in [1.807, 2.05) is 19.1 Å². The molecule has 2 nitrogen and oxygen atoms in total. The van der Waals surface area contributed by atoms with E-state index in [0.29, 0.717) is 0 Å². The average Bonchev–Trinajstić information content (AvgIpc) is 2.51. The van der Waals surface area contributed by atoms with Gasteiger partial charge in [0.2, 0.25) is 0 Å². The van der Waals surface area contributed by atoms with Crippen molar-refractivity contribution in [3.05, 3.63) is 23.7 Å². The van der Waals surface area contributed by atoms with Gasteiger partial charge in [-0.15, -0.1) is 0 Å². The second-order valence-corrected chi connectivity index (χ2v) is 3.40. The minimum absolute atomic E-state index is 0.859. The van der Waals surface area contributed by atoms with E-state index >= 15 is 0 Å². The van der Waals surface area contributed by atoms with Crippen LogP contribution in [0.25, 0.3) is 0 Å². The van der Waals surface area contributed by atoms with Crippen LogP contribution in [-0.4, -0.2) is 6.54 Å². The molecule has 0 bridgehead atoms. The molecule has 0 aliphatic rings. The number of aryl methyl sites for hydroxylation is 1. The second-order valence-electron chi connectivity index (χ2n) is 3.40. The largest absolute Gasteiger partial charge is 0.465 e. The molecule has 1 N–H and O–H groups in total. The molecule has 0 amide bonds. The van der Waals surface area contributed by atoms with Crippen molar-refractivity contribution < 1.29 is 4.42 Å². The van der Waals surface area contributed by atoms with E-state index in [0.717, 1.165) is 24.6 Å². The Kier molecular flexibility index (Phi) is 4.61. The van der Waals surface area contributed by atoms with E-state index in [1.54, 1.807) is 0 Å². The summed E-state index contributed by atoms with van der Waals surface area (Å²) in [6.07, 6.45) is 3.85. The van der Waals surface area contributed by atoms with Crippen LogP contribution in [0.1, 0.15) is 37.7 Å². The number of furan rings is 1. The number of hydrogen-bond acceptors (Lipinski definition) is 2. The molecule has 0 saturated carbocycles. The van der Waals surface area contributed by atoms with Crippen molar-refractivity contribution in [1.29, 1.82) is 0 Å². The Morgan fingerprint density at radius 2 is 2.15 bits per heavy atom. The minimum atomic E-state index is 0.859. The Labute approximate surface area is 80.3 Å². The molecule has 0 unspecified atom stereocenters. The van der Waals surface area contributed by atoms with Crippen LogP contribution < -0.4 is 5.32 Å². The molecule has 13 heavy (non-hydrogen) atoms. The van der Waals surface area contributed by atoms with E-state index < -0.39 is 0 Å². The lowest BCUT2D eigenvalue weighted by molar-refractivity contribution is 0.459. The molecule has 0 aromatic carbocycles. The fourth-order valence-corrected chi connectivity index (χ4v) is 1.29. The summed E-state index contributed by atoms with van der Waals surface area (Å²) in [5, 5.41) is 3.36. The molecular weight excluding hydrogens is 162 g/mol. The number of nitrogens with one attached hydrogen (secondary N) is 1. The lowest BCUT2D eigenvalue weighted by Crippen LogP contribution is -2.13. The summed E-state index contributed by atoms with van der Waals surface area (Å²) in [6.45, 7) is 6.14. The van der Waals surface area contributed by atoms with Crippen LogP contribution in [0.4, 0.5) is 0 Å². The Morgan fingerprint density at radius 3 is 2.77 bits per heavy atom. The predicted molar refractivity (Wildman–Crippen MR) is 54.7 cm³/mol. The zero-order chi connectivity index (χ0) is 9.52. The first-order chi connectivity index (χ1) is 6.33. The molecule has 2 heteroatoms. The summed E-state index contributed by atoms with van der Waals surface area (Å²) < 4.78 is 5.43. The highest BCUT2D eigenvalue weighted by atomic mass is 16.3. The Hall–Kier alpha value is -0.760. The third-order valence-electron chi connectivity index (χ3n) is 2.05. The molecule has 0 atom stereocenters. The summed E-state index contributed by atoms with van der Waals surface area (Å²) in [4.78, 5) is 0. The average molecular weight is 181 g/mol. The smallest absolute Gasteiger partial charge is 0.117 e. The van der Waals surface area contributed by atoms with Crippen LogP contribution >= 0.6 is 0 Å². The molecule has 1 aromatic heterocycles. The van der Waals surface area contributed by atoms with Crippen molar-refractivity contribution in [2.75, 3.05) is 6.54 Å². The molecule has 1 heterocycles. The van der Waals surface area contributed by atoms with Gasteiger partial charge < -0.3 is 9.73 Å². The zero-order valence-corrected chi connectivity index (χ0v) is 8.60. The van der Waals surface area contributed by atoms with Crippen molar-refractivity contribution >= 4 is 0 Å². The summed E-state index contributed by atoms with van der Waals surface area (Å²) in [7, 11) is 0. The van der Waals surface area contributed by atoms with Gasteiger partial charge in [-0.05, 0) is 32.0 Å². The first-order valence-corrected chi connectivity index (χ1v) is 5.09. The molecular formula is C11H19NO. The molecule has 0 radical (unpaired) electrons. The van der Waals surface area contributed by atoms with E-state index in [4.69, 9.17) is 4.42 Å². The molecule has 0 aliphatic heterocycles. The Morgan fingerprint density at radius 1 is 1.31 bits per heavy atom. The van der Waals surface area contributed by atoms with Gasteiger partial charge in [-0.2, -0.15) is 0 Å². The predicted octanol–water partition coefficient (Wildman–Crippen LogP) is 2.87. The summed E-state index contributed by atoms with van der Waals surface area (Å²) >= 11 is 0. The van der Waals surface area contributed by atoms with Crippen molar-refractivity contribution in [2.24, 2.45) is 0 Å². The van der Waals surface area contributed by atoms with Gasteiger partial charge >= 0.3 is 0 Å². The van der Waals surface area contributed by atoms with Crippen LogP contribution in [0.15, 0.2) is 16.5 Å². The monoisotopic (exact) mass is 181 g/mol. The lowest BCUT2D eigenvalue weighted by atomic mass is 10.2. The highest BCUT2D eigenvalue weighted by Gasteiger charge is 1.96. The van der Waals surface area contributed by atoms with Gasteiger partial charge in [-0.3, -0.25) is 0 Å². The van der Waals surface area contributed by atoms with Crippen LogP contribution in [0.3, 0.4) is 0 Å². The second kappa shape index (κ2) is 5.81. The van der Waals surface area contributed by atoms with Crippen LogP contribution in [-0.2, 0) is 6.54 Å². The summed E-state index contributed by atoms with van der Waals surface area (Å²) in [5.41, 5.74) is 0. The minimum Gasteiger partial charge on any atom is -0.465 e. The standard InChI is InChI=1S/C11H19NO/c1-3-4-5-8-12-9-11-7-6-10(2)13-11/h6-7,12H,3-5,8-9H2,1-2H3. The fraction of sp³-hybridized carbons (Fsp3) is 0.636. The van der Waals surface area contributed by atoms with E-state index in [2.05, 4.69) is 12.2 Å². The summed E-state index contributed by atoms with van der Waals surface area (Å²) in [6, 6.07) is 4.03. The first kappa shape index (κ1) is 10.3. The molecule has 0 saturated heterocycles. The van der Waals surface area contributed by atoms with Gasteiger partial charge in [0.05, 0.1) is 6.54 Å². The number of hydrogen-bond donors (Lipinski definition) is 1. The van der Waals surface area contributed by atoms with Gasteiger partial charge in [0.15, 0.2) is 0 Å². The highest BCUT2D eigenvalue weighted by molar-refractivity contribution is 5.04. The fourth-order valence-electron chi connectivity index (χ4n) is 1.29. The quantitative estimate of drug-likeness (QED) is 0.683. The van der Waals surface area contributed by atoms with Crippen molar-refractivity contribution in [2.45, 2.75) is 39.7 Å². The maximum absolute atomic E-state index is 5.43. The van der Waals surface area contributed by atoms with E-state index in [9.17, 15) is 0 Å². The molecule has 74 valence electrons. The third kappa shape index (κ3) is 4.13. The van der Waals surface area contributed by atoms with E-state index in [-0.39, 0.29) is 0 Å². The topological polar surface area (TPSA) is 25.2 Å². The van der Waals surface area contributed by atoms with E-state index in [1.165, 1.54) is 19.3 Å². The van der Waals surface area contributed by atoms with Gasteiger partial charge in [0, 0.05) is 0 Å². The normalized spacial score (nSPS) is 10.6. The molecule has 0 spiro atoms. The Bertz CT molecular complexity index is 230. The number of unbranched alkanes of at least 4 members (excludes halogenated alkanes) is 2. The zero-order valence-electron chi connectivity index (χ0n) is 8.60. The van der Waals surface area contributed by atoms with Gasteiger partial charge in [0.25, 0.3) is 0 Å². The first-order valence-electron chi connectivity index (χ1n) is 5.09. The number of rotatable bonds is 6. The highest BCUT2D eigenvalue weighted by Crippen LogP contribution is 2.05. The molecule has 1 aromatic rings. The van der Waals surface area contributed by atoms with Crippen LogP contribution in [0.5, 0.6) is 0 Å². The molecule has 0 fully saturated rings. The summed E-state index contributed by atoms with van der Waals surface area (Å²) in [5.74, 6) is 2.03. The lowest BCUT2D eigenvalue weighted by Gasteiger charge is -2.00. The SMILES string of the molecule is CCCCCNCc1ccc(C)o1. The van der Waals surface area contributed by atoms with Gasteiger partial charge in [-0.25, -0.2) is 0 Å². The maximum atomic E-state index is 5.43. The third-order valence-corrected chi connectivity index (χ3v) is 2.05. The van der Waals surface area contributed by atoms with Crippen molar-refractivity contribution in [3.8, 4) is 0 Å². The van der Waals surface area contributed by atoms with Crippen LogP contribution in [0, 0.1) is 6.92 Å². The van der Waals surface area contributed by atoms with Crippen molar-refractivity contribution in [3.63, 3.8) is 0 Å². The van der Waals surface area contributed by atoms with Crippen molar-refractivity contribution in [1.82, 2.24) is 5.32 Å². The van der Waals surface area contributed by atoms with Crippen LogP contribution in [0.2, 0.25) is 0 Å². The van der Waals surface area contributed by atoms with Gasteiger partial charge in [-0.1, -0.05) is 19.8 Å². The Balaban J connectivity index is 2.06. The maximum Gasteiger partial charge on any atom is 0.117 e.